The second-order valence-electron chi connectivity index (χ2n) is 8.57. The maximum atomic E-state index is 13.4. The first kappa shape index (κ1) is 26.3. The standard InChI is InChI=1S/C25H20N6O6S2/c1-17-7-9-19(10-8-17)23-29-21(16-27)25(37-23)39(34,35)31-13-11-30(12-14-31)38(32,33)24-20(15-26)28-22(36-24)18-5-3-2-4-6-18/h2-10H,11-14H2,1H3. The van der Waals surface area contributed by atoms with Crippen molar-refractivity contribution < 1.29 is 25.7 Å². The fraction of sp³-hybridized carbons (Fsp3) is 0.200. The molecule has 0 aliphatic carbocycles. The highest BCUT2D eigenvalue weighted by molar-refractivity contribution is 7.89. The number of sulfonamides is 2. The molecule has 198 valence electrons. The maximum Gasteiger partial charge on any atom is 0.279 e. The number of hydrogen-bond donors (Lipinski definition) is 0. The van der Waals surface area contributed by atoms with Crippen LogP contribution in [0.3, 0.4) is 0 Å². The number of aryl methyl sites for hydroxylation is 1. The Morgan fingerprint density at radius 3 is 1.51 bits per heavy atom. The molecular formula is C25H20N6O6S2. The number of rotatable bonds is 6. The second kappa shape index (κ2) is 10.1. The van der Waals surface area contributed by atoms with Crippen LogP contribution in [0.25, 0.3) is 22.9 Å². The van der Waals surface area contributed by atoms with Crippen molar-refractivity contribution in [3.63, 3.8) is 0 Å². The third-order valence-corrected chi connectivity index (χ3v) is 9.65. The monoisotopic (exact) mass is 564 g/mol. The largest absolute Gasteiger partial charge is 0.422 e. The van der Waals surface area contributed by atoms with Gasteiger partial charge in [0.15, 0.2) is 11.4 Å². The highest BCUT2D eigenvalue weighted by Gasteiger charge is 2.40. The SMILES string of the molecule is Cc1ccc(-c2nc(C#N)c(S(=O)(=O)N3CCN(S(=O)(=O)c4oc(-c5ccccc5)nc4C#N)CC3)o2)cc1. The molecule has 0 spiro atoms. The molecule has 5 rings (SSSR count). The average Bonchev–Trinajstić information content (AvgIpc) is 3.60. The van der Waals surface area contributed by atoms with Crippen LogP contribution in [0.4, 0.5) is 0 Å². The van der Waals surface area contributed by atoms with Crippen molar-refractivity contribution in [1.82, 2.24) is 18.6 Å². The predicted octanol–water partition coefficient (Wildman–Crippen LogP) is 2.74. The topological polar surface area (TPSA) is 174 Å². The molecule has 0 N–H and O–H groups in total. The van der Waals surface area contributed by atoms with E-state index in [0.29, 0.717) is 11.1 Å². The van der Waals surface area contributed by atoms with Gasteiger partial charge in [0, 0.05) is 37.3 Å². The van der Waals surface area contributed by atoms with Gasteiger partial charge in [0.2, 0.25) is 11.8 Å². The van der Waals surface area contributed by atoms with Crippen LogP contribution >= 0.6 is 0 Å². The molecule has 1 fully saturated rings. The van der Waals surface area contributed by atoms with Gasteiger partial charge >= 0.3 is 0 Å². The Balaban J connectivity index is 1.37. The summed E-state index contributed by atoms with van der Waals surface area (Å²) in [5, 5.41) is 17.8. The van der Waals surface area contributed by atoms with Crippen LogP contribution in [0.1, 0.15) is 17.0 Å². The molecule has 0 atom stereocenters. The molecule has 4 aromatic rings. The molecule has 0 radical (unpaired) electrons. The van der Waals surface area contributed by atoms with Crippen molar-refractivity contribution >= 4 is 20.0 Å². The second-order valence-corrected chi connectivity index (χ2v) is 12.2. The number of nitriles is 2. The van der Waals surface area contributed by atoms with E-state index in [2.05, 4.69) is 9.97 Å². The lowest BCUT2D eigenvalue weighted by Gasteiger charge is -2.31. The van der Waals surface area contributed by atoms with E-state index in [9.17, 15) is 27.4 Å². The first-order valence-corrected chi connectivity index (χ1v) is 14.5. The molecule has 0 saturated carbocycles. The van der Waals surface area contributed by atoms with Crippen LogP contribution in [0.15, 0.2) is 73.6 Å². The number of oxazole rings is 2. The van der Waals surface area contributed by atoms with Crippen LogP contribution in [0.5, 0.6) is 0 Å². The molecule has 3 heterocycles. The van der Waals surface area contributed by atoms with E-state index in [4.69, 9.17) is 8.83 Å². The van der Waals surface area contributed by atoms with Gasteiger partial charge in [-0.1, -0.05) is 35.9 Å². The Morgan fingerprint density at radius 1 is 0.692 bits per heavy atom. The number of nitrogens with zero attached hydrogens (tertiary/aromatic N) is 6. The quantitative estimate of drug-likeness (QED) is 0.338. The van der Waals surface area contributed by atoms with E-state index in [1.807, 2.05) is 6.92 Å². The molecule has 0 unspecified atom stereocenters. The van der Waals surface area contributed by atoms with Crippen molar-refractivity contribution in [3.05, 3.63) is 71.5 Å². The molecule has 1 aliphatic rings. The number of aromatic nitrogens is 2. The van der Waals surface area contributed by atoms with Gasteiger partial charge in [-0.3, -0.25) is 0 Å². The minimum Gasteiger partial charge on any atom is -0.422 e. The molecule has 1 aliphatic heterocycles. The van der Waals surface area contributed by atoms with E-state index in [1.54, 1.807) is 66.7 Å². The minimum absolute atomic E-state index is 0.0186. The first-order valence-electron chi connectivity index (χ1n) is 11.6. The van der Waals surface area contributed by atoms with Gasteiger partial charge in [-0.15, -0.1) is 0 Å². The van der Waals surface area contributed by atoms with Crippen LogP contribution in [0.2, 0.25) is 0 Å². The minimum atomic E-state index is -4.31. The first-order chi connectivity index (χ1) is 18.6. The number of benzene rings is 2. The summed E-state index contributed by atoms with van der Waals surface area (Å²) in [5.41, 5.74) is 1.19. The Morgan fingerprint density at radius 2 is 1.10 bits per heavy atom. The zero-order chi connectivity index (χ0) is 27.8. The van der Waals surface area contributed by atoms with Crippen molar-refractivity contribution in [2.75, 3.05) is 26.2 Å². The summed E-state index contributed by atoms with van der Waals surface area (Å²) >= 11 is 0. The lowest BCUT2D eigenvalue weighted by Crippen LogP contribution is -2.50. The van der Waals surface area contributed by atoms with Gasteiger partial charge in [0.25, 0.3) is 30.2 Å². The van der Waals surface area contributed by atoms with Crippen LogP contribution in [0, 0.1) is 29.6 Å². The highest BCUT2D eigenvalue weighted by atomic mass is 32.2. The van der Waals surface area contributed by atoms with Crippen LogP contribution in [-0.4, -0.2) is 61.6 Å². The normalized spacial score (nSPS) is 15.1. The Labute approximate surface area is 224 Å². The van der Waals surface area contributed by atoms with Gasteiger partial charge in [-0.05, 0) is 31.2 Å². The maximum absolute atomic E-state index is 13.4. The molecule has 14 heteroatoms. The van der Waals surface area contributed by atoms with E-state index < -0.39 is 41.6 Å². The predicted molar refractivity (Wildman–Crippen MR) is 136 cm³/mol. The number of hydrogen-bond acceptors (Lipinski definition) is 10. The Kier molecular flexibility index (Phi) is 6.80. The Hall–Kier alpha value is -4.34. The summed E-state index contributed by atoms with van der Waals surface area (Å²) in [5.74, 6) is -0.0411. The van der Waals surface area contributed by atoms with Crippen LogP contribution < -0.4 is 0 Å². The fourth-order valence-electron chi connectivity index (χ4n) is 4.01. The molecule has 0 amide bonds. The van der Waals surface area contributed by atoms with Crippen molar-refractivity contribution in [1.29, 1.82) is 10.5 Å². The van der Waals surface area contributed by atoms with Gasteiger partial charge in [0.1, 0.15) is 12.1 Å². The zero-order valence-electron chi connectivity index (χ0n) is 20.5. The van der Waals surface area contributed by atoms with Crippen molar-refractivity contribution in [2.45, 2.75) is 17.1 Å². The van der Waals surface area contributed by atoms with E-state index in [-0.39, 0.29) is 38.0 Å². The summed E-state index contributed by atoms with van der Waals surface area (Å²) in [6.45, 7) is 0.980. The summed E-state index contributed by atoms with van der Waals surface area (Å²) in [6, 6.07) is 19.0. The Bertz CT molecular complexity index is 1830. The van der Waals surface area contributed by atoms with Crippen molar-refractivity contribution in [3.8, 4) is 35.0 Å². The smallest absolute Gasteiger partial charge is 0.279 e. The fourth-order valence-corrected chi connectivity index (χ4v) is 6.81. The molecule has 2 aromatic heterocycles. The number of piperazine rings is 1. The van der Waals surface area contributed by atoms with Gasteiger partial charge in [-0.25, -0.2) is 16.8 Å². The van der Waals surface area contributed by atoms with Crippen molar-refractivity contribution in [2.24, 2.45) is 0 Å². The third-order valence-electron chi connectivity index (χ3n) is 6.07. The third kappa shape index (κ3) is 4.82. The molecule has 1 saturated heterocycles. The van der Waals surface area contributed by atoms with E-state index in [0.717, 1.165) is 14.2 Å². The van der Waals surface area contributed by atoms with Crippen LogP contribution in [-0.2, 0) is 20.0 Å². The molecule has 2 aromatic carbocycles. The van der Waals surface area contributed by atoms with E-state index in [1.165, 1.54) is 0 Å². The summed E-state index contributed by atoms with van der Waals surface area (Å²) in [7, 11) is -8.61. The zero-order valence-corrected chi connectivity index (χ0v) is 22.1. The van der Waals surface area contributed by atoms with Gasteiger partial charge in [0.05, 0.1) is 0 Å². The average molecular weight is 565 g/mol. The lowest BCUT2D eigenvalue weighted by molar-refractivity contribution is 0.263. The summed E-state index contributed by atoms with van der Waals surface area (Å²) in [6.07, 6.45) is 0. The molecular weight excluding hydrogens is 544 g/mol. The molecule has 12 nitrogen and oxygen atoms in total. The lowest BCUT2D eigenvalue weighted by atomic mass is 10.1. The highest BCUT2D eigenvalue weighted by Crippen LogP contribution is 2.30. The molecule has 39 heavy (non-hydrogen) atoms. The summed E-state index contributed by atoms with van der Waals surface area (Å²) < 4.78 is 66.4. The van der Waals surface area contributed by atoms with E-state index >= 15 is 0 Å². The summed E-state index contributed by atoms with van der Waals surface area (Å²) in [4.78, 5) is 8.06. The van der Waals surface area contributed by atoms with Gasteiger partial charge < -0.3 is 8.83 Å². The molecule has 0 bridgehead atoms. The van der Waals surface area contributed by atoms with Gasteiger partial charge in [-0.2, -0.15) is 29.1 Å².